The van der Waals surface area contributed by atoms with E-state index in [-0.39, 0.29) is 17.5 Å². The van der Waals surface area contributed by atoms with Gasteiger partial charge in [-0.25, -0.2) is 0 Å². The van der Waals surface area contributed by atoms with Crippen molar-refractivity contribution in [3.8, 4) is 0 Å². The minimum Gasteiger partial charge on any atom is -0.369 e. The molecule has 0 aromatic heterocycles. The van der Waals surface area contributed by atoms with Crippen molar-refractivity contribution >= 4 is 40.6 Å². The summed E-state index contributed by atoms with van der Waals surface area (Å²) in [5.74, 6) is -2.06. The van der Waals surface area contributed by atoms with Gasteiger partial charge in [0.05, 0.1) is 5.92 Å². The van der Waals surface area contributed by atoms with E-state index in [0.717, 1.165) is 11.1 Å². The minimum absolute atomic E-state index is 0.101. The smallest absolute Gasteiger partial charge is 0.272 e. The molecule has 7 nitrogen and oxygen atoms in total. The number of guanidine groups is 1. The Morgan fingerprint density at radius 2 is 1.57 bits per heavy atom. The fourth-order valence-corrected chi connectivity index (χ4v) is 2.74. The van der Waals surface area contributed by atoms with E-state index in [0.29, 0.717) is 16.3 Å². The van der Waals surface area contributed by atoms with Gasteiger partial charge < -0.3 is 16.8 Å². The number of anilines is 1. The lowest BCUT2D eigenvalue weighted by molar-refractivity contribution is -0.110. The van der Waals surface area contributed by atoms with Crippen LogP contribution in [0.25, 0.3) is 0 Å². The molecule has 2 rings (SSSR count). The van der Waals surface area contributed by atoms with E-state index < -0.39 is 11.8 Å². The number of hydrogen-bond acceptors (Lipinski definition) is 4. The summed E-state index contributed by atoms with van der Waals surface area (Å²) in [6.07, 6.45) is 0. The van der Waals surface area contributed by atoms with Crippen LogP contribution in [0.5, 0.6) is 0 Å². The molecule has 28 heavy (non-hydrogen) atoms. The summed E-state index contributed by atoms with van der Waals surface area (Å²) in [6.45, 7) is 5.32. The first-order valence-corrected chi connectivity index (χ1v) is 8.92. The largest absolute Gasteiger partial charge is 0.369 e. The highest BCUT2D eigenvalue weighted by Gasteiger charge is 2.27. The molecular weight excluding hydrogens is 378 g/mol. The molecule has 0 spiro atoms. The van der Waals surface area contributed by atoms with Crippen LogP contribution in [0.4, 0.5) is 5.69 Å². The molecule has 2 aromatic carbocycles. The van der Waals surface area contributed by atoms with E-state index in [9.17, 15) is 9.59 Å². The van der Waals surface area contributed by atoms with Crippen LogP contribution in [0.2, 0.25) is 5.02 Å². The summed E-state index contributed by atoms with van der Waals surface area (Å²) in [5.41, 5.74) is 13.4. The lowest BCUT2D eigenvalue weighted by atomic mass is 9.94. The highest BCUT2D eigenvalue weighted by Crippen LogP contribution is 2.21. The van der Waals surface area contributed by atoms with Gasteiger partial charge in [0, 0.05) is 16.3 Å². The zero-order chi connectivity index (χ0) is 20.8. The summed E-state index contributed by atoms with van der Waals surface area (Å²) in [7, 11) is 0. The second-order valence-corrected chi connectivity index (χ2v) is 6.76. The topological polar surface area (TPSA) is 123 Å². The predicted molar refractivity (Wildman–Crippen MR) is 113 cm³/mol. The molecular formula is C20H22ClN5O2. The molecule has 0 aliphatic heterocycles. The van der Waals surface area contributed by atoms with Gasteiger partial charge in [0.15, 0.2) is 5.78 Å². The van der Waals surface area contributed by atoms with Gasteiger partial charge in [0.25, 0.3) is 5.91 Å². The molecule has 0 heterocycles. The molecule has 1 amide bonds. The third-order valence-electron chi connectivity index (χ3n) is 4.16. The summed E-state index contributed by atoms with van der Waals surface area (Å²) >= 11 is 5.87. The van der Waals surface area contributed by atoms with Crippen LogP contribution in [0.1, 0.15) is 28.4 Å². The van der Waals surface area contributed by atoms with Crippen molar-refractivity contribution in [2.45, 2.75) is 20.8 Å². The summed E-state index contributed by atoms with van der Waals surface area (Å²) in [5, 5.41) is 10.7. The third kappa shape index (κ3) is 5.17. The Bertz CT molecular complexity index is 927. The quantitative estimate of drug-likeness (QED) is 0.299. The molecule has 2 aromatic rings. The number of hydrogen-bond donors (Lipinski definition) is 3. The number of nitrogens with one attached hydrogen (secondary N) is 1. The molecule has 5 N–H and O–H groups in total. The standard InChI is InChI=1S/C20H22ClN5O2/c1-11-5-4-6-12(2)16(11)24-19(28)17(25-26-20(22)23)13(3)18(27)14-7-9-15(21)10-8-14/h4-10,13H,1-3H3,(H,24,28)(H4,22,23,26)/b25-17+/t13-/m0/s1. The van der Waals surface area contributed by atoms with Crippen molar-refractivity contribution in [1.82, 2.24) is 0 Å². The number of amides is 1. The molecule has 146 valence electrons. The first-order chi connectivity index (χ1) is 13.2. The molecule has 0 aliphatic carbocycles. The van der Waals surface area contributed by atoms with E-state index in [2.05, 4.69) is 15.5 Å². The summed E-state index contributed by atoms with van der Waals surface area (Å²) in [6, 6.07) is 12.0. The molecule has 0 aliphatic rings. The number of Topliss-reactive ketones (excluding diaryl/α,β-unsaturated/α-hetero) is 1. The number of para-hydroxylation sites is 1. The number of halogens is 1. The minimum atomic E-state index is -0.881. The second-order valence-electron chi connectivity index (χ2n) is 6.32. The number of rotatable bonds is 6. The van der Waals surface area contributed by atoms with E-state index in [1.165, 1.54) is 0 Å². The fraction of sp³-hybridized carbons (Fsp3) is 0.200. The van der Waals surface area contributed by atoms with Gasteiger partial charge in [-0.05, 0) is 56.2 Å². The van der Waals surface area contributed by atoms with Crippen molar-refractivity contribution in [3.63, 3.8) is 0 Å². The van der Waals surface area contributed by atoms with Gasteiger partial charge in [-0.1, -0.05) is 29.8 Å². The van der Waals surface area contributed by atoms with E-state index in [1.807, 2.05) is 32.0 Å². The maximum absolute atomic E-state index is 12.9. The Hall–Kier alpha value is -3.19. The van der Waals surface area contributed by atoms with E-state index in [4.69, 9.17) is 23.1 Å². The van der Waals surface area contributed by atoms with Gasteiger partial charge in [-0.2, -0.15) is 0 Å². The Morgan fingerprint density at radius 3 is 2.11 bits per heavy atom. The SMILES string of the molecule is Cc1cccc(C)c1NC(=O)/C(=N/N=C(N)N)[C@H](C)C(=O)c1ccc(Cl)cc1. The van der Waals surface area contributed by atoms with Crippen LogP contribution >= 0.6 is 11.6 Å². The van der Waals surface area contributed by atoms with E-state index >= 15 is 0 Å². The summed E-state index contributed by atoms with van der Waals surface area (Å²) in [4.78, 5) is 25.7. The monoisotopic (exact) mass is 399 g/mol. The molecule has 1 atom stereocenters. The average molecular weight is 400 g/mol. The lowest BCUT2D eigenvalue weighted by Gasteiger charge is -2.15. The number of carbonyl (C=O) groups excluding carboxylic acids is 2. The van der Waals surface area contributed by atoms with Gasteiger partial charge in [0.2, 0.25) is 5.96 Å². The number of nitrogens with zero attached hydrogens (tertiary/aromatic N) is 2. The number of aryl methyl sites for hydroxylation is 2. The van der Waals surface area contributed by atoms with Crippen LogP contribution in [-0.4, -0.2) is 23.4 Å². The number of ketones is 1. The van der Waals surface area contributed by atoms with Crippen molar-refractivity contribution in [2.75, 3.05) is 5.32 Å². The van der Waals surface area contributed by atoms with Crippen LogP contribution in [0.3, 0.4) is 0 Å². The molecule has 8 heteroatoms. The Kier molecular flexibility index (Phi) is 6.89. The summed E-state index contributed by atoms with van der Waals surface area (Å²) < 4.78 is 0. The zero-order valence-corrected chi connectivity index (χ0v) is 16.6. The van der Waals surface area contributed by atoms with Crippen LogP contribution in [0.15, 0.2) is 52.7 Å². The lowest BCUT2D eigenvalue weighted by Crippen LogP contribution is -2.33. The number of carbonyl (C=O) groups is 2. The molecule has 0 unspecified atom stereocenters. The van der Waals surface area contributed by atoms with Crippen molar-refractivity contribution < 1.29 is 9.59 Å². The fourth-order valence-electron chi connectivity index (χ4n) is 2.62. The molecule has 0 radical (unpaired) electrons. The van der Waals surface area contributed by atoms with Crippen LogP contribution in [0, 0.1) is 19.8 Å². The maximum atomic E-state index is 12.9. The molecule has 0 saturated heterocycles. The van der Waals surface area contributed by atoms with Crippen LogP contribution in [-0.2, 0) is 4.79 Å². The average Bonchev–Trinajstić information content (AvgIpc) is 2.64. The Balaban J connectivity index is 2.37. The first-order valence-electron chi connectivity index (χ1n) is 8.54. The van der Waals surface area contributed by atoms with Crippen LogP contribution < -0.4 is 16.8 Å². The normalized spacial score (nSPS) is 12.2. The Morgan fingerprint density at radius 1 is 1.00 bits per heavy atom. The van der Waals surface area contributed by atoms with Gasteiger partial charge in [-0.15, -0.1) is 10.2 Å². The second kappa shape index (κ2) is 9.14. The molecule has 0 bridgehead atoms. The maximum Gasteiger partial charge on any atom is 0.272 e. The first kappa shape index (κ1) is 21.1. The van der Waals surface area contributed by atoms with Gasteiger partial charge in [0.1, 0.15) is 5.71 Å². The number of nitrogens with two attached hydrogens (primary N) is 2. The Labute approximate surface area is 168 Å². The predicted octanol–water partition coefficient (Wildman–Crippen LogP) is 3.04. The third-order valence-corrected chi connectivity index (χ3v) is 4.41. The molecule has 0 fully saturated rings. The zero-order valence-electron chi connectivity index (χ0n) is 15.9. The molecule has 0 saturated carbocycles. The number of benzene rings is 2. The highest BCUT2D eigenvalue weighted by molar-refractivity contribution is 6.47. The van der Waals surface area contributed by atoms with E-state index in [1.54, 1.807) is 31.2 Å². The van der Waals surface area contributed by atoms with Crippen molar-refractivity contribution in [3.05, 3.63) is 64.2 Å². The van der Waals surface area contributed by atoms with Crippen molar-refractivity contribution in [1.29, 1.82) is 0 Å². The van der Waals surface area contributed by atoms with Gasteiger partial charge >= 0.3 is 0 Å². The van der Waals surface area contributed by atoms with Gasteiger partial charge in [-0.3, -0.25) is 9.59 Å². The van der Waals surface area contributed by atoms with Crippen molar-refractivity contribution in [2.24, 2.45) is 27.6 Å². The highest BCUT2D eigenvalue weighted by atomic mass is 35.5.